The Labute approximate surface area is 265 Å². The lowest BCUT2D eigenvalue weighted by Gasteiger charge is -2.51. The molecular formula is C30H56N2O9Si3. The van der Waals surface area contributed by atoms with E-state index in [1.807, 2.05) is 0 Å². The maximum absolute atomic E-state index is 13.9. The van der Waals surface area contributed by atoms with Crippen LogP contribution < -0.4 is 11.2 Å². The van der Waals surface area contributed by atoms with Gasteiger partial charge in [-0.25, -0.2) is 9.36 Å². The number of fused-ring (bicyclic) bond motifs is 1. The molecule has 11 nitrogen and oxygen atoms in total. The molecule has 0 aromatic carbocycles. The van der Waals surface area contributed by atoms with Crippen LogP contribution >= 0.6 is 0 Å². The fraction of sp³-hybridized carbons (Fsp3) is 0.833. The summed E-state index contributed by atoms with van der Waals surface area (Å²) in [5.41, 5.74) is -1.35. The summed E-state index contributed by atoms with van der Waals surface area (Å²) in [4.78, 5) is 41.7. The molecule has 0 unspecified atom stereocenters. The third-order valence-electron chi connectivity index (χ3n) is 8.46. The second-order valence-corrected chi connectivity index (χ2v) is 28.7. The number of aromatic amines is 1. The topological polar surface area (TPSA) is 127 Å². The normalized spacial score (nSPS) is 25.8. The van der Waals surface area contributed by atoms with E-state index < -0.39 is 79.2 Å². The van der Waals surface area contributed by atoms with Crippen molar-refractivity contribution in [3.63, 3.8) is 0 Å². The minimum Gasteiger partial charge on any atom is -0.443 e. The van der Waals surface area contributed by atoms with E-state index in [1.54, 1.807) is 20.8 Å². The van der Waals surface area contributed by atoms with Gasteiger partial charge in [0, 0.05) is 6.20 Å². The van der Waals surface area contributed by atoms with Crippen LogP contribution in [0.5, 0.6) is 0 Å². The third kappa shape index (κ3) is 7.43. The zero-order chi connectivity index (χ0) is 33.6. The Morgan fingerprint density at radius 2 is 1.55 bits per heavy atom. The van der Waals surface area contributed by atoms with Crippen LogP contribution in [0.15, 0.2) is 15.8 Å². The number of hydrogen-bond acceptors (Lipinski definition) is 9. The number of carbonyl (C=O) groups excluding carboxylic acids is 1. The van der Waals surface area contributed by atoms with E-state index in [0.717, 1.165) is 4.57 Å². The summed E-state index contributed by atoms with van der Waals surface area (Å²) in [6.07, 6.45) is -1.22. The fourth-order valence-electron chi connectivity index (χ4n) is 6.12. The van der Waals surface area contributed by atoms with Crippen LogP contribution in [0.4, 0.5) is 0 Å². The Morgan fingerprint density at radius 1 is 1.00 bits per heavy atom. The Morgan fingerprint density at radius 3 is 2.02 bits per heavy atom. The largest absolute Gasteiger partial charge is 0.443 e. The molecule has 252 valence electrons. The van der Waals surface area contributed by atoms with Gasteiger partial charge < -0.3 is 31.9 Å². The SMILES string of the molecule is CC(C)[Si]1(C(C)C)OC[C@H]2O[C@@H](c3c[nH]c(=O)n(COC(=O)C(C)(C)C)c3=O)[C@H](O[Si](C)(C)C)[C@@H]2O[Si](C(C)C)(C(C)C)O1. The highest BCUT2D eigenvalue weighted by atomic mass is 28.5. The maximum atomic E-state index is 13.9. The van der Waals surface area contributed by atoms with Gasteiger partial charge >= 0.3 is 28.8 Å². The van der Waals surface area contributed by atoms with E-state index in [9.17, 15) is 14.4 Å². The predicted octanol–water partition coefficient (Wildman–Crippen LogP) is 5.70. The highest BCUT2D eigenvalue weighted by molar-refractivity contribution is 6.84. The second-order valence-electron chi connectivity index (χ2n) is 15.4. The Balaban J connectivity index is 2.17. The number of H-pyrrole nitrogens is 1. The molecule has 2 aliphatic heterocycles. The molecule has 1 aromatic rings. The van der Waals surface area contributed by atoms with Crippen molar-refractivity contribution in [1.29, 1.82) is 0 Å². The summed E-state index contributed by atoms with van der Waals surface area (Å²) >= 11 is 0. The van der Waals surface area contributed by atoms with Crippen LogP contribution in [0.2, 0.25) is 41.8 Å². The average molecular weight is 673 g/mol. The monoisotopic (exact) mass is 672 g/mol. The van der Waals surface area contributed by atoms with Crippen LogP contribution in [0, 0.1) is 5.41 Å². The minimum absolute atomic E-state index is 0.101. The quantitative estimate of drug-likeness (QED) is 0.260. The van der Waals surface area contributed by atoms with Gasteiger partial charge in [-0.05, 0) is 62.6 Å². The maximum Gasteiger partial charge on any atom is 0.335 e. The molecule has 0 radical (unpaired) electrons. The molecule has 14 heteroatoms. The number of ether oxygens (including phenoxy) is 2. The molecule has 0 amide bonds. The third-order valence-corrected chi connectivity index (χ3v) is 19.7. The van der Waals surface area contributed by atoms with Crippen molar-refractivity contribution in [1.82, 2.24) is 9.55 Å². The smallest absolute Gasteiger partial charge is 0.335 e. The number of esters is 1. The molecule has 0 spiro atoms. The lowest BCUT2D eigenvalue weighted by atomic mass is 9.98. The van der Waals surface area contributed by atoms with Gasteiger partial charge in [0.25, 0.3) is 5.56 Å². The zero-order valence-electron chi connectivity index (χ0n) is 29.2. The van der Waals surface area contributed by atoms with E-state index in [4.69, 9.17) is 26.9 Å². The standard InChI is InChI=1S/C30H56N2O9Si3/c1-18(2)43(19(3)4)37-16-23-25(40-44(41-43,20(5)6)21(7)8)26(39-42(12,13)14)24(38-23)22-15-31-29(35)32(27(22)33)17-36-28(34)30(9,10)11/h15,18-21,23-26H,16-17H2,1-14H3,(H,31,35)/t23-,24+,25-,26+/m1/s1. The molecule has 2 fully saturated rings. The number of carbonyl (C=O) groups is 1. The van der Waals surface area contributed by atoms with Gasteiger partial charge in [-0.1, -0.05) is 55.4 Å². The van der Waals surface area contributed by atoms with E-state index in [-0.39, 0.29) is 34.3 Å². The van der Waals surface area contributed by atoms with Crippen molar-refractivity contribution in [2.24, 2.45) is 5.41 Å². The molecule has 0 saturated carbocycles. The molecule has 3 rings (SSSR count). The number of nitrogens with one attached hydrogen (secondary N) is 1. The molecule has 1 aromatic heterocycles. The Hall–Kier alpha value is -1.40. The molecule has 0 aliphatic carbocycles. The van der Waals surface area contributed by atoms with Crippen LogP contribution in [-0.4, -0.2) is 65.9 Å². The van der Waals surface area contributed by atoms with Gasteiger partial charge in [0.05, 0.1) is 17.6 Å². The van der Waals surface area contributed by atoms with Crippen LogP contribution in [-0.2, 0) is 38.4 Å². The van der Waals surface area contributed by atoms with E-state index >= 15 is 0 Å². The van der Waals surface area contributed by atoms with Crippen LogP contribution in [0.25, 0.3) is 0 Å². The number of nitrogens with zero attached hydrogens (tertiary/aromatic N) is 1. The van der Waals surface area contributed by atoms with Crippen molar-refractivity contribution in [3.05, 3.63) is 32.6 Å². The first kappa shape index (κ1) is 37.1. The summed E-state index contributed by atoms with van der Waals surface area (Å²) in [6, 6.07) is 0. The molecule has 1 N–H and O–H groups in total. The lowest BCUT2D eigenvalue weighted by Crippen LogP contribution is -2.66. The van der Waals surface area contributed by atoms with Crippen LogP contribution in [0.1, 0.15) is 87.8 Å². The van der Waals surface area contributed by atoms with Crippen molar-refractivity contribution in [2.75, 3.05) is 6.61 Å². The van der Waals surface area contributed by atoms with E-state index in [2.05, 4.69) is 80.0 Å². The number of hydrogen-bond donors (Lipinski definition) is 1. The zero-order valence-corrected chi connectivity index (χ0v) is 32.2. The molecule has 2 saturated heterocycles. The van der Waals surface area contributed by atoms with Gasteiger partial charge in [0.2, 0.25) is 0 Å². The molecule has 44 heavy (non-hydrogen) atoms. The highest BCUT2D eigenvalue weighted by Gasteiger charge is 2.62. The first-order valence-electron chi connectivity index (χ1n) is 15.9. The van der Waals surface area contributed by atoms with Crippen molar-refractivity contribution in [3.8, 4) is 0 Å². The van der Waals surface area contributed by atoms with Crippen molar-refractivity contribution < 1.29 is 31.7 Å². The number of rotatable bonds is 9. The fourth-order valence-corrected chi connectivity index (χ4v) is 18.4. The summed E-state index contributed by atoms with van der Waals surface area (Å²) in [5, 5.41) is 0. The summed E-state index contributed by atoms with van der Waals surface area (Å²) in [5.74, 6) is -0.526. The first-order valence-corrected chi connectivity index (χ1v) is 23.3. The molecule has 3 heterocycles. The van der Waals surface area contributed by atoms with Crippen molar-refractivity contribution >= 4 is 31.4 Å². The minimum atomic E-state index is -3.00. The molecule has 4 atom stereocenters. The highest BCUT2D eigenvalue weighted by Crippen LogP contribution is 2.49. The van der Waals surface area contributed by atoms with Crippen molar-refractivity contribution in [2.45, 2.75) is 149 Å². The van der Waals surface area contributed by atoms with Gasteiger partial charge in [-0.2, -0.15) is 0 Å². The predicted molar refractivity (Wildman–Crippen MR) is 177 cm³/mol. The van der Waals surface area contributed by atoms with Crippen LogP contribution in [0.3, 0.4) is 0 Å². The summed E-state index contributed by atoms with van der Waals surface area (Å²) in [7, 11) is -8.04. The lowest BCUT2D eigenvalue weighted by molar-refractivity contribution is -0.157. The first-order chi connectivity index (χ1) is 20.1. The molecular weight excluding hydrogens is 617 g/mol. The molecule has 0 bridgehead atoms. The summed E-state index contributed by atoms with van der Waals surface area (Å²) < 4.78 is 41.3. The van der Waals surface area contributed by atoms with Gasteiger partial charge in [-0.15, -0.1) is 0 Å². The summed E-state index contributed by atoms with van der Waals surface area (Å²) in [6.45, 7) is 28.3. The van der Waals surface area contributed by atoms with E-state index in [0.29, 0.717) is 0 Å². The number of aromatic nitrogens is 2. The second kappa shape index (κ2) is 13.4. The van der Waals surface area contributed by atoms with Gasteiger partial charge in [0.15, 0.2) is 15.0 Å². The van der Waals surface area contributed by atoms with E-state index in [1.165, 1.54) is 6.20 Å². The van der Waals surface area contributed by atoms with Gasteiger partial charge in [-0.3, -0.25) is 9.59 Å². The molecule has 2 aliphatic rings. The van der Waals surface area contributed by atoms with Gasteiger partial charge in [0.1, 0.15) is 24.4 Å². The Bertz CT molecular complexity index is 1260. The average Bonchev–Trinajstić information content (AvgIpc) is 3.16. The Kier molecular flexibility index (Phi) is 11.3.